The van der Waals surface area contributed by atoms with Crippen molar-refractivity contribution in [3.8, 4) is 0 Å². The molecule has 1 aromatic heterocycles. The molecule has 0 saturated carbocycles. The van der Waals surface area contributed by atoms with Crippen LogP contribution in [0.1, 0.15) is 29.8 Å². The lowest BCUT2D eigenvalue weighted by atomic mass is 9.89. The summed E-state index contributed by atoms with van der Waals surface area (Å²) in [4.78, 5) is 20.2. The minimum Gasteiger partial charge on any atom is -0.356 e. The molecule has 5 rings (SSSR count). The van der Waals surface area contributed by atoms with Crippen LogP contribution in [0.3, 0.4) is 0 Å². The molecule has 0 radical (unpaired) electrons. The van der Waals surface area contributed by atoms with Gasteiger partial charge in [-0.15, -0.1) is 0 Å². The SMILES string of the molecule is CCN1C(=O)C2Cc3c([nH]c4ccccc34)C(c3ccc(F)cc3)N2C1=S. The summed E-state index contributed by atoms with van der Waals surface area (Å²) in [6.45, 7) is 2.49. The largest absolute Gasteiger partial charge is 0.356 e. The fourth-order valence-corrected chi connectivity index (χ4v) is 4.86. The second kappa shape index (κ2) is 5.89. The van der Waals surface area contributed by atoms with Crippen LogP contribution in [0.2, 0.25) is 0 Å². The molecule has 2 aliphatic heterocycles. The third-order valence-corrected chi connectivity index (χ3v) is 6.07. The Labute approximate surface area is 161 Å². The molecule has 1 N–H and O–H groups in total. The number of nitrogens with one attached hydrogen (secondary N) is 1. The highest BCUT2D eigenvalue weighted by atomic mass is 32.1. The van der Waals surface area contributed by atoms with E-state index in [0.29, 0.717) is 18.1 Å². The number of likely N-dealkylation sites (N-methyl/N-ethyl adjacent to an activating group) is 1. The molecule has 3 heterocycles. The number of halogens is 1. The van der Waals surface area contributed by atoms with Crippen molar-refractivity contribution in [2.45, 2.75) is 25.4 Å². The van der Waals surface area contributed by atoms with Crippen molar-refractivity contribution in [1.29, 1.82) is 0 Å². The summed E-state index contributed by atoms with van der Waals surface area (Å²) < 4.78 is 13.5. The molecule has 0 spiro atoms. The standard InChI is InChI=1S/C21H18FN3OS/c1-2-24-20(26)17-11-15-14-5-3-4-6-16(14)23-18(15)19(25(17)21(24)27)12-7-9-13(22)10-8-12/h3-10,17,19,23H,2,11H2,1H3. The predicted octanol–water partition coefficient (Wildman–Crippen LogP) is 3.77. The molecule has 2 unspecified atom stereocenters. The van der Waals surface area contributed by atoms with E-state index in [2.05, 4.69) is 11.1 Å². The number of fused-ring (bicyclic) bond motifs is 4. The summed E-state index contributed by atoms with van der Waals surface area (Å²) in [5.74, 6) is -0.233. The molecule has 1 amide bonds. The Bertz CT molecular complexity index is 1070. The van der Waals surface area contributed by atoms with Crippen LogP contribution in [0, 0.1) is 5.82 Å². The average Bonchev–Trinajstić information content (AvgIpc) is 3.16. The summed E-state index contributed by atoms with van der Waals surface area (Å²) >= 11 is 5.67. The van der Waals surface area contributed by atoms with E-state index >= 15 is 0 Å². The summed E-state index contributed by atoms with van der Waals surface area (Å²) in [5, 5.41) is 1.68. The number of aromatic amines is 1. The first kappa shape index (κ1) is 16.4. The van der Waals surface area contributed by atoms with Crippen LogP contribution in [-0.2, 0) is 11.2 Å². The van der Waals surface area contributed by atoms with Crippen LogP contribution >= 0.6 is 12.2 Å². The molecular weight excluding hydrogens is 361 g/mol. The van der Waals surface area contributed by atoms with Gasteiger partial charge in [-0.3, -0.25) is 9.69 Å². The van der Waals surface area contributed by atoms with Gasteiger partial charge in [0.15, 0.2) is 5.11 Å². The molecule has 6 heteroatoms. The molecule has 3 aromatic rings. The van der Waals surface area contributed by atoms with Gasteiger partial charge in [-0.25, -0.2) is 4.39 Å². The van der Waals surface area contributed by atoms with Gasteiger partial charge in [-0.1, -0.05) is 30.3 Å². The number of carbonyl (C=O) groups is 1. The van der Waals surface area contributed by atoms with Gasteiger partial charge in [0, 0.05) is 29.6 Å². The lowest BCUT2D eigenvalue weighted by Crippen LogP contribution is -2.44. The van der Waals surface area contributed by atoms with E-state index in [9.17, 15) is 9.18 Å². The van der Waals surface area contributed by atoms with E-state index in [1.54, 1.807) is 17.0 Å². The third kappa shape index (κ3) is 2.26. The first-order chi connectivity index (χ1) is 13.1. The molecule has 136 valence electrons. The number of hydrogen-bond acceptors (Lipinski definition) is 2. The van der Waals surface area contributed by atoms with Crippen LogP contribution < -0.4 is 0 Å². The van der Waals surface area contributed by atoms with Crippen molar-refractivity contribution < 1.29 is 9.18 Å². The summed E-state index contributed by atoms with van der Waals surface area (Å²) in [7, 11) is 0. The predicted molar refractivity (Wildman–Crippen MR) is 106 cm³/mol. The maximum Gasteiger partial charge on any atom is 0.251 e. The molecule has 4 nitrogen and oxygen atoms in total. The molecule has 2 atom stereocenters. The smallest absolute Gasteiger partial charge is 0.251 e. The molecule has 27 heavy (non-hydrogen) atoms. The number of thiocarbonyl (C=S) groups is 1. The number of carbonyl (C=O) groups excluding carboxylic acids is 1. The summed E-state index contributed by atoms with van der Waals surface area (Å²) in [6, 6.07) is 14.0. The van der Waals surface area contributed by atoms with Gasteiger partial charge in [-0.05, 0) is 48.5 Å². The fourth-order valence-electron chi connectivity index (χ4n) is 4.41. The van der Waals surface area contributed by atoms with E-state index in [-0.39, 0.29) is 23.8 Å². The van der Waals surface area contributed by atoms with Gasteiger partial charge >= 0.3 is 0 Å². The number of amides is 1. The van der Waals surface area contributed by atoms with E-state index < -0.39 is 0 Å². The zero-order valence-electron chi connectivity index (χ0n) is 14.8. The Morgan fingerprint density at radius 3 is 2.67 bits per heavy atom. The fraction of sp³-hybridized carbons (Fsp3) is 0.238. The highest BCUT2D eigenvalue weighted by Crippen LogP contribution is 2.43. The number of aromatic nitrogens is 1. The second-order valence-electron chi connectivity index (χ2n) is 7.01. The van der Waals surface area contributed by atoms with Gasteiger partial charge in [0.05, 0.1) is 6.04 Å². The number of rotatable bonds is 2. The monoisotopic (exact) mass is 379 g/mol. The van der Waals surface area contributed by atoms with E-state index in [0.717, 1.165) is 27.7 Å². The van der Waals surface area contributed by atoms with Gasteiger partial charge in [0.1, 0.15) is 11.9 Å². The molecular formula is C21H18FN3OS. The molecule has 2 aliphatic rings. The highest BCUT2D eigenvalue weighted by Gasteiger charge is 2.49. The minimum absolute atomic E-state index is 0.0468. The van der Waals surface area contributed by atoms with Crippen LogP contribution in [0.25, 0.3) is 10.9 Å². The van der Waals surface area contributed by atoms with Crippen molar-refractivity contribution in [3.63, 3.8) is 0 Å². The average molecular weight is 379 g/mol. The number of H-pyrrole nitrogens is 1. The third-order valence-electron chi connectivity index (χ3n) is 5.64. The van der Waals surface area contributed by atoms with Gasteiger partial charge in [0.2, 0.25) is 0 Å². The van der Waals surface area contributed by atoms with Crippen molar-refractivity contribution in [1.82, 2.24) is 14.8 Å². The van der Waals surface area contributed by atoms with Crippen LogP contribution in [0.4, 0.5) is 4.39 Å². The van der Waals surface area contributed by atoms with E-state index in [1.807, 2.05) is 30.0 Å². The van der Waals surface area contributed by atoms with E-state index in [4.69, 9.17) is 12.2 Å². The van der Waals surface area contributed by atoms with Crippen molar-refractivity contribution in [2.24, 2.45) is 0 Å². The van der Waals surface area contributed by atoms with Gasteiger partial charge in [-0.2, -0.15) is 0 Å². The van der Waals surface area contributed by atoms with Crippen LogP contribution in [-0.4, -0.2) is 38.4 Å². The quantitative estimate of drug-likeness (QED) is 0.689. The highest BCUT2D eigenvalue weighted by molar-refractivity contribution is 7.80. The number of hydrogen-bond donors (Lipinski definition) is 1. The zero-order valence-corrected chi connectivity index (χ0v) is 15.6. The van der Waals surface area contributed by atoms with E-state index in [1.165, 1.54) is 12.1 Å². The second-order valence-corrected chi connectivity index (χ2v) is 7.37. The maximum absolute atomic E-state index is 13.5. The maximum atomic E-state index is 13.5. The number of benzene rings is 2. The first-order valence-electron chi connectivity index (χ1n) is 9.08. The number of nitrogens with zero attached hydrogens (tertiary/aromatic N) is 2. The summed E-state index contributed by atoms with van der Waals surface area (Å²) in [5.41, 5.74) is 4.14. The molecule has 1 saturated heterocycles. The van der Waals surface area contributed by atoms with Crippen molar-refractivity contribution in [3.05, 3.63) is 71.2 Å². The lowest BCUT2D eigenvalue weighted by Gasteiger charge is -2.37. The normalized spacial score (nSPS) is 21.7. The Morgan fingerprint density at radius 1 is 1.19 bits per heavy atom. The van der Waals surface area contributed by atoms with Gasteiger partial charge in [0.25, 0.3) is 5.91 Å². The van der Waals surface area contributed by atoms with Gasteiger partial charge < -0.3 is 9.88 Å². The van der Waals surface area contributed by atoms with Crippen molar-refractivity contribution in [2.75, 3.05) is 6.54 Å². The topological polar surface area (TPSA) is 39.3 Å². The summed E-state index contributed by atoms with van der Waals surface area (Å²) in [6.07, 6.45) is 0.618. The Morgan fingerprint density at radius 2 is 1.93 bits per heavy atom. The zero-order chi connectivity index (χ0) is 18.7. The lowest BCUT2D eigenvalue weighted by molar-refractivity contribution is -0.128. The Kier molecular flexibility index (Phi) is 3.59. The molecule has 0 aliphatic carbocycles. The van der Waals surface area contributed by atoms with Crippen molar-refractivity contribution >= 4 is 34.1 Å². The Hall–Kier alpha value is -2.73. The molecule has 2 aromatic carbocycles. The minimum atomic E-state index is -0.320. The first-order valence-corrected chi connectivity index (χ1v) is 9.49. The van der Waals surface area contributed by atoms with Crippen LogP contribution in [0.15, 0.2) is 48.5 Å². The number of para-hydroxylation sites is 1. The molecule has 0 bridgehead atoms. The Balaban J connectivity index is 1.75. The van der Waals surface area contributed by atoms with Crippen LogP contribution in [0.5, 0.6) is 0 Å². The molecule has 1 fully saturated rings.